The molecule has 1 aromatic heterocycles. The number of rotatable bonds is 10. The molecule has 2 aromatic carbocycles. The molecule has 0 amide bonds. The number of halogens is 3. The molecule has 3 atom stereocenters. The lowest BCUT2D eigenvalue weighted by molar-refractivity contribution is 0.0672. The Morgan fingerprint density at radius 1 is 1.14 bits per heavy atom. The number of aromatic nitrogens is 1. The molecule has 1 aliphatic heterocycles. The molecular weight excluding hydrogens is 473 g/mol. The van der Waals surface area contributed by atoms with Crippen LogP contribution in [0.2, 0.25) is 0 Å². The molecule has 1 N–H and O–H groups in total. The molecule has 1 fully saturated rings. The highest BCUT2D eigenvalue weighted by molar-refractivity contribution is 7.99. The fourth-order valence-corrected chi connectivity index (χ4v) is 5.89. The minimum Gasteiger partial charge on any atom is -0.497 e. The van der Waals surface area contributed by atoms with E-state index in [1.165, 1.54) is 23.9 Å². The number of aliphatic hydroxyl groups excluding tert-OH is 1. The highest BCUT2D eigenvalue weighted by atomic mass is 32.2. The summed E-state index contributed by atoms with van der Waals surface area (Å²) in [5, 5.41) is 10.8. The Morgan fingerprint density at radius 3 is 2.69 bits per heavy atom. The summed E-state index contributed by atoms with van der Waals surface area (Å²) in [5.74, 6) is 0.574. The predicted octanol–water partition coefficient (Wildman–Crippen LogP) is 6.04. The summed E-state index contributed by atoms with van der Waals surface area (Å²) in [5.41, 5.74) is 1.36. The van der Waals surface area contributed by atoms with Gasteiger partial charge in [-0.05, 0) is 79.6 Å². The summed E-state index contributed by atoms with van der Waals surface area (Å²) in [4.78, 5) is 7.18. The minimum atomic E-state index is -1.12. The average molecular weight is 505 g/mol. The molecule has 0 saturated carbocycles. The normalized spacial score (nSPS) is 19.7. The Hall–Kier alpha value is -2.29. The summed E-state index contributed by atoms with van der Waals surface area (Å²) in [6.07, 6.45) is 2.50. The molecule has 1 aliphatic rings. The number of thioether (sulfide) groups is 1. The summed E-state index contributed by atoms with van der Waals surface area (Å²) in [6, 6.07) is 10.8. The van der Waals surface area contributed by atoms with E-state index in [0.717, 1.165) is 43.0 Å². The van der Waals surface area contributed by atoms with Crippen molar-refractivity contribution in [3.8, 4) is 5.75 Å². The van der Waals surface area contributed by atoms with E-state index in [0.29, 0.717) is 34.8 Å². The molecule has 0 spiro atoms. The molecule has 0 aliphatic carbocycles. The number of nitrogens with zero attached hydrogens (tertiary/aromatic N) is 2. The van der Waals surface area contributed by atoms with Gasteiger partial charge >= 0.3 is 0 Å². The van der Waals surface area contributed by atoms with Crippen molar-refractivity contribution in [3.63, 3.8) is 0 Å². The van der Waals surface area contributed by atoms with Gasteiger partial charge in [0.15, 0.2) is 0 Å². The number of pyridine rings is 1. The summed E-state index contributed by atoms with van der Waals surface area (Å²) in [7, 11) is 1.59. The first kappa shape index (κ1) is 25.8. The number of hydrogen-bond acceptors (Lipinski definition) is 5. The molecule has 3 aromatic rings. The van der Waals surface area contributed by atoms with E-state index in [9.17, 15) is 13.9 Å². The molecule has 8 heteroatoms. The Morgan fingerprint density at radius 2 is 1.94 bits per heavy atom. The van der Waals surface area contributed by atoms with Crippen molar-refractivity contribution in [2.75, 3.05) is 39.1 Å². The van der Waals surface area contributed by atoms with Crippen molar-refractivity contribution in [2.45, 2.75) is 30.3 Å². The van der Waals surface area contributed by atoms with Crippen molar-refractivity contribution in [2.24, 2.45) is 11.8 Å². The van der Waals surface area contributed by atoms with E-state index in [1.54, 1.807) is 19.4 Å². The van der Waals surface area contributed by atoms with Crippen LogP contribution in [0.3, 0.4) is 0 Å². The number of fused-ring (bicyclic) bond motifs is 1. The third-order valence-electron chi connectivity index (χ3n) is 6.83. The number of methoxy groups -OCH3 is 1. The van der Waals surface area contributed by atoms with Crippen LogP contribution in [0.1, 0.15) is 31.0 Å². The van der Waals surface area contributed by atoms with Gasteiger partial charge in [-0.1, -0.05) is 0 Å². The Kier molecular flexibility index (Phi) is 8.92. The second kappa shape index (κ2) is 12.1. The van der Waals surface area contributed by atoms with Gasteiger partial charge in [-0.25, -0.2) is 13.2 Å². The van der Waals surface area contributed by atoms with Crippen LogP contribution >= 0.6 is 11.8 Å². The fourth-order valence-electron chi connectivity index (χ4n) is 4.91. The van der Waals surface area contributed by atoms with Crippen LogP contribution in [0, 0.1) is 23.5 Å². The van der Waals surface area contributed by atoms with E-state index >= 15 is 4.39 Å². The molecule has 1 saturated heterocycles. The second-order valence-electron chi connectivity index (χ2n) is 9.07. The van der Waals surface area contributed by atoms with Crippen LogP contribution < -0.4 is 4.74 Å². The Bertz CT molecular complexity index is 1110. The molecular formula is C27H31F3N2O2S. The average Bonchev–Trinajstić information content (AvgIpc) is 2.86. The molecule has 2 heterocycles. The standard InChI is InChI=1S/C27H31F3N2O2S/c1-34-22-3-5-27-25(15-22)24(6-8-31-27)26(30)4-2-18-7-9-32(16-19(18)17-33)10-11-35-23-13-20(28)12-21(29)14-23/h3,5-6,8,12-15,18-19,26,33H,2,4,7,9-11,16-17H2,1H3/t18-,19-,26-/m1/s1. The summed E-state index contributed by atoms with van der Waals surface area (Å²) in [6.45, 7) is 2.44. The lowest BCUT2D eigenvalue weighted by Gasteiger charge is -2.38. The van der Waals surface area contributed by atoms with Gasteiger partial charge in [-0.3, -0.25) is 4.98 Å². The molecule has 35 heavy (non-hydrogen) atoms. The van der Waals surface area contributed by atoms with E-state index in [1.807, 2.05) is 18.2 Å². The van der Waals surface area contributed by atoms with E-state index in [4.69, 9.17) is 4.74 Å². The van der Waals surface area contributed by atoms with Gasteiger partial charge in [0.2, 0.25) is 0 Å². The molecule has 0 bridgehead atoms. The van der Waals surface area contributed by atoms with E-state index < -0.39 is 17.8 Å². The third kappa shape index (κ3) is 6.68. The zero-order valence-corrected chi connectivity index (χ0v) is 20.6. The zero-order valence-electron chi connectivity index (χ0n) is 19.8. The van der Waals surface area contributed by atoms with Crippen LogP contribution in [-0.4, -0.2) is 54.1 Å². The van der Waals surface area contributed by atoms with Crippen molar-refractivity contribution >= 4 is 22.7 Å². The van der Waals surface area contributed by atoms with Gasteiger partial charge in [0.25, 0.3) is 0 Å². The highest BCUT2D eigenvalue weighted by Crippen LogP contribution is 2.35. The van der Waals surface area contributed by atoms with Crippen LogP contribution in [0.25, 0.3) is 10.9 Å². The maximum absolute atomic E-state index is 15.4. The van der Waals surface area contributed by atoms with Crippen molar-refractivity contribution in [1.82, 2.24) is 9.88 Å². The smallest absolute Gasteiger partial charge is 0.127 e. The number of alkyl halides is 1. The monoisotopic (exact) mass is 504 g/mol. The maximum Gasteiger partial charge on any atom is 0.127 e. The van der Waals surface area contributed by atoms with Gasteiger partial charge in [0.05, 0.1) is 12.6 Å². The lowest BCUT2D eigenvalue weighted by Crippen LogP contribution is -2.43. The first-order valence-electron chi connectivity index (χ1n) is 12.0. The first-order valence-corrected chi connectivity index (χ1v) is 12.9. The lowest BCUT2D eigenvalue weighted by atomic mass is 9.81. The number of aliphatic hydroxyl groups is 1. The molecule has 188 valence electrons. The number of ether oxygens (including phenoxy) is 1. The largest absolute Gasteiger partial charge is 0.497 e. The van der Waals surface area contributed by atoms with Gasteiger partial charge in [0, 0.05) is 48.0 Å². The highest BCUT2D eigenvalue weighted by Gasteiger charge is 2.29. The minimum absolute atomic E-state index is 0.0652. The van der Waals surface area contributed by atoms with Gasteiger partial charge in [-0.15, -0.1) is 11.8 Å². The number of piperidine rings is 1. The van der Waals surface area contributed by atoms with Crippen LogP contribution in [0.15, 0.2) is 53.6 Å². The van der Waals surface area contributed by atoms with Crippen LogP contribution in [0.5, 0.6) is 5.75 Å². The van der Waals surface area contributed by atoms with Gasteiger partial charge in [0.1, 0.15) is 23.6 Å². The van der Waals surface area contributed by atoms with Gasteiger partial charge < -0.3 is 14.7 Å². The number of likely N-dealkylation sites (tertiary alicyclic amines) is 1. The zero-order chi connectivity index (χ0) is 24.8. The van der Waals surface area contributed by atoms with Crippen molar-refractivity contribution in [1.29, 1.82) is 0 Å². The molecule has 4 rings (SSSR count). The molecule has 4 nitrogen and oxygen atoms in total. The topological polar surface area (TPSA) is 45.6 Å². The second-order valence-corrected chi connectivity index (χ2v) is 10.2. The van der Waals surface area contributed by atoms with Crippen molar-refractivity contribution in [3.05, 3.63) is 65.9 Å². The summed E-state index contributed by atoms with van der Waals surface area (Å²) < 4.78 is 47.4. The maximum atomic E-state index is 15.4. The third-order valence-corrected chi connectivity index (χ3v) is 7.79. The Balaban J connectivity index is 1.29. The van der Waals surface area contributed by atoms with Crippen molar-refractivity contribution < 1.29 is 23.0 Å². The first-order chi connectivity index (χ1) is 17.0. The molecule has 0 radical (unpaired) electrons. The SMILES string of the molecule is COc1ccc2nccc([C@H](F)CC[C@@H]3CCN(CCSc4cc(F)cc(F)c4)C[C@@H]3CO)c2c1. The fraction of sp³-hybridized carbons (Fsp3) is 0.444. The Labute approximate surface area is 208 Å². The van der Waals surface area contributed by atoms with Crippen LogP contribution in [-0.2, 0) is 0 Å². The van der Waals surface area contributed by atoms with Gasteiger partial charge in [-0.2, -0.15) is 0 Å². The summed E-state index contributed by atoms with van der Waals surface area (Å²) >= 11 is 1.42. The van der Waals surface area contributed by atoms with Crippen LogP contribution in [0.4, 0.5) is 13.2 Å². The van der Waals surface area contributed by atoms with E-state index in [2.05, 4.69) is 9.88 Å². The number of benzene rings is 2. The number of hydrogen-bond donors (Lipinski definition) is 1. The molecule has 0 unspecified atom stereocenters. The quantitative estimate of drug-likeness (QED) is 0.341. The predicted molar refractivity (Wildman–Crippen MR) is 134 cm³/mol. The van der Waals surface area contributed by atoms with E-state index in [-0.39, 0.29) is 18.4 Å².